The number of sulfonamides is 1. The predicted octanol–water partition coefficient (Wildman–Crippen LogP) is 4.78. The summed E-state index contributed by atoms with van der Waals surface area (Å²) in [5.41, 5.74) is 2.85. The van der Waals surface area contributed by atoms with E-state index >= 15 is 0 Å². The summed E-state index contributed by atoms with van der Waals surface area (Å²) in [5.74, 6) is -1.25. The number of benzene rings is 3. The van der Waals surface area contributed by atoms with Crippen molar-refractivity contribution in [3.8, 4) is 0 Å². The van der Waals surface area contributed by atoms with Crippen LogP contribution in [0.25, 0.3) is 0 Å². The molecule has 0 bridgehead atoms. The minimum absolute atomic E-state index is 0.0187. The molecule has 1 saturated heterocycles. The van der Waals surface area contributed by atoms with E-state index in [0.717, 1.165) is 20.3 Å². The minimum Gasteiger partial charge on any atom is -0.274 e. The highest BCUT2D eigenvalue weighted by Gasteiger charge is 2.47. The largest absolute Gasteiger partial charge is 0.274 e. The number of halogens is 1. The number of nitrogens with zero attached hydrogens (tertiary/aromatic N) is 2. The lowest BCUT2D eigenvalue weighted by molar-refractivity contribution is -0.122. The maximum absolute atomic E-state index is 13.7. The van der Waals surface area contributed by atoms with Crippen LogP contribution in [0.2, 0.25) is 0 Å². The first-order valence-electron chi connectivity index (χ1n) is 11.4. The van der Waals surface area contributed by atoms with Crippen molar-refractivity contribution in [1.82, 2.24) is 4.31 Å². The Morgan fingerprint density at radius 2 is 1.54 bits per heavy atom. The number of carbonyl (C=O) groups is 2. The van der Waals surface area contributed by atoms with Crippen molar-refractivity contribution in [3.05, 3.63) is 95.3 Å². The van der Waals surface area contributed by atoms with Crippen LogP contribution in [0.1, 0.15) is 42.9 Å². The molecule has 8 heteroatoms. The van der Waals surface area contributed by atoms with Crippen LogP contribution in [0.3, 0.4) is 0 Å². The van der Waals surface area contributed by atoms with E-state index < -0.39 is 33.7 Å². The van der Waals surface area contributed by atoms with Gasteiger partial charge in [0.05, 0.1) is 17.0 Å². The Morgan fingerprint density at radius 3 is 2.11 bits per heavy atom. The number of carbonyl (C=O) groups excluding carboxylic acids is 2. The fraction of sp³-hybridized carbons (Fsp3) is 0.259. The zero-order chi connectivity index (χ0) is 25.3. The van der Waals surface area contributed by atoms with E-state index in [0.29, 0.717) is 11.3 Å². The van der Waals surface area contributed by atoms with Crippen molar-refractivity contribution >= 4 is 27.5 Å². The summed E-state index contributed by atoms with van der Waals surface area (Å²) in [5, 5.41) is 0. The van der Waals surface area contributed by atoms with E-state index in [1.54, 1.807) is 24.3 Å². The second kappa shape index (κ2) is 9.71. The Hall–Kier alpha value is -3.36. The van der Waals surface area contributed by atoms with E-state index in [2.05, 4.69) is 0 Å². The molecular formula is C27H27FN2O4S. The standard InChI is InChI=1S/C27H27FN2O4S/c1-18(2)21-8-12-23(13-9-21)30-26(31)16-25(27(30)32)29(17-20-6-10-22(28)11-7-20)35(33,34)24-14-4-19(3)5-15-24/h4-15,18,25H,16-17H2,1-3H3. The molecule has 0 radical (unpaired) electrons. The van der Waals surface area contributed by atoms with Crippen molar-refractivity contribution in [2.45, 2.75) is 50.6 Å². The molecular weight excluding hydrogens is 467 g/mol. The van der Waals surface area contributed by atoms with Gasteiger partial charge in [-0.25, -0.2) is 17.7 Å². The average Bonchev–Trinajstić information content (AvgIpc) is 3.12. The van der Waals surface area contributed by atoms with Crippen molar-refractivity contribution in [3.63, 3.8) is 0 Å². The lowest BCUT2D eigenvalue weighted by atomic mass is 10.0. The van der Waals surface area contributed by atoms with Gasteiger partial charge in [-0.05, 0) is 60.4 Å². The van der Waals surface area contributed by atoms with E-state index in [-0.39, 0.29) is 23.8 Å². The zero-order valence-corrected chi connectivity index (χ0v) is 20.6. The van der Waals surface area contributed by atoms with Crippen LogP contribution < -0.4 is 4.90 Å². The van der Waals surface area contributed by atoms with Gasteiger partial charge < -0.3 is 0 Å². The molecule has 6 nitrogen and oxygen atoms in total. The third-order valence-electron chi connectivity index (χ3n) is 6.17. The molecule has 0 spiro atoms. The van der Waals surface area contributed by atoms with E-state index in [1.807, 2.05) is 32.9 Å². The van der Waals surface area contributed by atoms with Gasteiger partial charge in [-0.3, -0.25) is 9.59 Å². The third kappa shape index (κ3) is 5.04. The topological polar surface area (TPSA) is 74.8 Å². The summed E-state index contributed by atoms with van der Waals surface area (Å²) < 4.78 is 41.9. The van der Waals surface area contributed by atoms with Gasteiger partial charge in [-0.1, -0.05) is 55.8 Å². The number of amides is 2. The highest BCUT2D eigenvalue weighted by molar-refractivity contribution is 7.89. The zero-order valence-electron chi connectivity index (χ0n) is 19.8. The van der Waals surface area contributed by atoms with Crippen molar-refractivity contribution in [2.75, 3.05) is 4.90 Å². The molecule has 1 fully saturated rings. The molecule has 1 aliphatic heterocycles. The Labute approximate surface area is 205 Å². The third-order valence-corrected chi connectivity index (χ3v) is 8.04. The molecule has 3 aromatic carbocycles. The minimum atomic E-state index is -4.15. The second-order valence-corrected chi connectivity index (χ2v) is 10.9. The average molecular weight is 495 g/mol. The lowest BCUT2D eigenvalue weighted by Gasteiger charge is -2.27. The molecule has 35 heavy (non-hydrogen) atoms. The van der Waals surface area contributed by atoms with Gasteiger partial charge in [0.15, 0.2) is 0 Å². The van der Waals surface area contributed by atoms with Gasteiger partial charge in [0, 0.05) is 6.54 Å². The van der Waals surface area contributed by atoms with E-state index in [4.69, 9.17) is 0 Å². The van der Waals surface area contributed by atoms with Crippen LogP contribution in [0.15, 0.2) is 77.7 Å². The molecule has 0 aromatic heterocycles. The summed E-state index contributed by atoms with van der Waals surface area (Å²) in [6.45, 7) is 5.75. The number of aryl methyl sites for hydroxylation is 1. The summed E-state index contributed by atoms with van der Waals surface area (Å²) in [7, 11) is -4.15. The first-order chi connectivity index (χ1) is 16.6. The fourth-order valence-electron chi connectivity index (χ4n) is 4.10. The van der Waals surface area contributed by atoms with E-state index in [9.17, 15) is 22.4 Å². The summed E-state index contributed by atoms with van der Waals surface area (Å²) in [6, 6.07) is 17.6. The molecule has 2 amide bonds. The number of anilines is 1. The fourth-order valence-corrected chi connectivity index (χ4v) is 5.67. The van der Waals surface area contributed by atoms with Crippen LogP contribution in [0.5, 0.6) is 0 Å². The Balaban J connectivity index is 1.72. The quantitative estimate of drug-likeness (QED) is 0.443. The molecule has 1 atom stereocenters. The summed E-state index contributed by atoms with van der Waals surface area (Å²) in [6.07, 6.45) is -0.281. The molecule has 4 rings (SSSR count). The smallest absolute Gasteiger partial charge is 0.252 e. The number of imide groups is 1. The lowest BCUT2D eigenvalue weighted by Crippen LogP contribution is -2.45. The van der Waals surface area contributed by atoms with Crippen LogP contribution in [-0.4, -0.2) is 30.6 Å². The van der Waals surface area contributed by atoms with Gasteiger partial charge in [-0.2, -0.15) is 4.31 Å². The number of rotatable bonds is 7. The van der Waals surface area contributed by atoms with Gasteiger partial charge in [0.1, 0.15) is 11.9 Å². The second-order valence-electron chi connectivity index (χ2n) is 9.02. The normalized spacial score (nSPS) is 16.5. The molecule has 1 unspecified atom stereocenters. The van der Waals surface area contributed by atoms with Gasteiger partial charge in [-0.15, -0.1) is 0 Å². The Morgan fingerprint density at radius 1 is 0.943 bits per heavy atom. The van der Waals surface area contributed by atoms with Crippen molar-refractivity contribution in [1.29, 1.82) is 0 Å². The van der Waals surface area contributed by atoms with Crippen LogP contribution >= 0.6 is 0 Å². The molecule has 1 aliphatic rings. The highest BCUT2D eigenvalue weighted by Crippen LogP contribution is 2.31. The Bertz CT molecular complexity index is 1340. The van der Waals surface area contributed by atoms with Crippen LogP contribution in [0, 0.1) is 12.7 Å². The number of hydrogen-bond acceptors (Lipinski definition) is 4. The van der Waals surface area contributed by atoms with Crippen LogP contribution in [-0.2, 0) is 26.2 Å². The van der Waals surface area contributed by atoms with Gasteiger partial charge >= 0.3 is 0 Å². The van der Waals surface area contributed by atoms with Gasteiger partial charge in [0.25, 0.3) is 5.91 Å². The summed E-state index contributed by atoms with van der Waals surface area (Å²) in [4.78, 5) is 27.5. The van der Waals surface area contributed by atoms with Crippen molar-refractivity contribution < 1.29 is 22.4 Å². The molecule has 182 valence electrons. The van der Waals surface area contributed by atoms with Gasteiger partial charge in [0.2, 0.25) is 15.9 Å². The molecule has 1 heterocycles. The van der Waals surface area contributed by atoms with Crippen molar-refractivity contribution in [2.24, 2.45) is 0 Å². The summed E-state index contributed by atoms with van der Waals surface area (Å²) >= 11 is 0. The monoisotopic (exact) mass is 494 g/mol. The molecule has 0 aliphatic carbocycles. The maximum atomic E-state index is 13.7. The first-order valence-corrected chi connectivity index (χ1v) is 12.8. The highest BCUT2D eigenvalue weighted by atomic mass is 32.2. The molecule has 3 aromatic rings. The molecule has 0 N–H and O–H groups in total. The van der Waals surface area contributed by atoms with Crippen LogP contribution in [0.4, 0.5) is 10.1 Å². The molecule has 0 saturated carbocycles. The number of hydrogen-bond donors (Lipinski definition) is 0. The predicted molar refractivity (Wildman–Crippen MR) is 132 cm³/mol. The SMILES string of the molecule is Cc1ccc(S(=O)(=O)N(Cc2ccc(F)cc2)C2CC(=O)N(c3ccc(C(C)C)cc3)C2=O)cc1. The van der Waals surface area contributed by atoms with E-state index in [1.165, 1.54) is 36.4 Å². The first kappa shape index (κ1) is 24.8. The maximum Gasteiger partial charge on any atom is 0.252 e. The Kier molecular flexibility index (Phi) is 6.87.